The summed E-state index contributed by atoms with van der Waals surface area (Å²) in [6.45, 7) is 5.01. The molecule has 2 rings (SSSR count). The Labute approximate surface area is 136 Å². The zero-order valence-corrected chi connectivity index (χ0v) is 14.0. The van der Waals surface area contributed by atoms with E-state index >= 15 is 0 Å². The minimum atomic E-state index is 0.675. The summed E-state index contributed by atoms with van der Waals surface area (Å²) < 4.78 is 0. The summed E-state index contributed by atoms with van der Waals surface area (Å²) in [5.41, 5.74) is 3.54. The predicted molar refractivity (Wildman–Crippen MR) is 97.3 cm³/mol. The van der Waals surface area contributed by atoms with Crippen LogP contribution in [0.5, 0.6) is 0 Å². The zero-order chi connectivity index (χ0) is 15.1. The first kappa shape index (κ1) is 15.9. The number of hydrogen-bond acceptors (Lipinski definition) is 2. The van der Waals surface area contributed by atoms with Crippen LogP contribution in [0.3, 0.4) is 0 Å². The molecule has 0 atom stereocenters. The number of thioether (sulfide) groups is 1. The molecule has 0 saturated carbocycles. The number of anilines is 1. The first-order valence-corrected chi connectivity index (χ1v) is 8.34. The maximum atomic E-state index is 5.31. The molecule has 4 heteroatoms. The lowest BCUT2D eigenvalue weighted by Crippen LogP contribution is -2.30. The van der Waals surface area contributed by atoms with E-state index in [1.54, 1.807) is 0 Å². The van der Waals surface area contributed by atoms with Crippen molar-refractivity contribution >= 4 is 34.8 Å². The largest absolute Gasteiger partial charge is 0.362 e. The van der Waals surface area contributed by atoms with Gasteiger partial charge in [-0.05, 0) is 49.8 Å². The first-order chi connectivity index (χ1) is 10.1. The molecule has 0 saturated heterocycles. The van der Waals surface area contributed by atoms with Gasteiger partial charge in [0, 0.05) is 22.9 Å². The van der Waals surface area contributed by atoms with Gasteiger partial charge in [0.2, 0.25) is 0 Å². The molecule has 0 radical (unpaired) electrons. The molecule has 0 heterocycles. The Balaban J connectivity index is 1.70. The summed E-state index contributed by atoms with van der Waals surface area (Å²) in [6, 6.07) is 16.7. The van der Waals surface area contributed by atoms with Gasteiger partial charge in [0.15, 0.2) is 5.11 Å². The molecule has 2 nitrogen and oxygen atoms in total. The summed E-state index contributed by atoms with van der Waals surface area (Å²) in [5.74, 6) is 0.985. The lowest BCUT2D eigenvalue weighted by atomic mass is 10.2. The Morgan fingerprint density at radius 3 is 2.48 bits per heavy atom. The first-order valence-electron chi connectivity index (χ1n) is 6.95. The summed E-state index contributed by atoms with van der Waals surface area (Å²) in [7, 11) is 0. The smallest absolute Gasteiger partial charge is 0.170 e. The Bertz CT molecular complexity index is 594. The lowest BCUT2D eigenvalue weighted by Gasteiger charge is -2.12. The quantitative estimate of drug-likeness (QED) is 0.485. The topological polar surface area (TPSA) is 24.1 Å². The molecule has 110 valence electrons. The molecule has 2 N–H and O–H groups in total. The van der Waals surface area contributed by atoms with E-state index < -0.39 is 0 Å². The molecule has 2 aromatic carbocycles. The van der Waals surface area contributed by atoms with Gasteiger partial charge in [0.1, 0.15) is 0 Å². The molecule has 0 aliphatic rings. The van der Waals surface area contributed by atoms with E-state index in [1.165, 1.54) is 16.0 Å². The van der Waals surface area contributed by atoms with E-state index in [1.807, 2.05) is 30.0 Å². The molecule has 0 fully saturated rings. The van der Waals surface area contributed by atoms with Gasteiger partial charge in [-0.15, -0.1) is 11.8 Å². The summed E-state index contributed by atoms with van der Waals surface area (Å²) >= 11 is 7.14. The van der Waals surface area contributed by atoms with Crippen LogP contribution in [0.25, 0.3) is 0 Å². The Hall–Kier alpha value is -1.52. The SMILES string of the molecule is Cc1ccc(SCCNC(=S)Nc2ccccc2C)cc1. The van der Waals surface area contributed by atoms with Crippen molar-refractivity contribution in [3.8, 4) is 0 Å². The summed E-state index contributed by atoms with van der Waals surface area (Å²) in [4.78, 5) is 1.29. The molecular formula is C17H20N2S2. The van der Waals surface area contributed by atoms with Gasteiger partial charge >= 0.3 is 0 Å². The predicted octanol–water partition coefficient (Wildman–Crippen LogP) is 4.38. The highest BCUT2D eigenvalue weighted by Crippen LogP contribution is 2.17. The summed E-state index contributed by atoms with van der Waals surface area (Å²) in [5, 5.41) is 7.14. The van der Waals surface area contributed by atoms with Crippen molar-refractivity contribution in [2.24, 2.45) is 0 Å². The van der Waals surface area contributed by atoms with Crippen LogP contribution in [-0.2, 0) is 0 Å². The average Bonchev–Trinajstić information content (AvgIpc) is 2.48. The van der Waals surface area contributed by atoms with Crippen LogP contribution >= 0.6 is 24.0 Å². The van der Waals surface area contributed by atoms with Gasteiger partial charge in [-0.2, -0.15) is 0 Å². The van der Waals surface area contributed by atoms with Crippen LogP contribution in [0.4, 0.5) is 5.69 Å². The maximum Gasteiger partial charge on any atom is 0.170 e. The molecule has 0 aliphatic heterocycles. The van der Waals surface area contributed by atoms with Crippen LogP contribution in [0.1, 0.15) is 11.1 Å². The van der Waals surface area contributed by atoms with Crippen molar-refractivity contribution in [2.75, 3.05) is 17.6 Å². The van der Waals surface area contributed by atoms with Gasteiger partial charge < -0.3 is 10.6 Å². The minimum absolute atomic E-state index is 0.675. The molecule has 0 aromatic heterocycles. The molecule has 21 heavy (non-hydrogen) atoms. The molecule has 0 amide bonds. The normalized spacial score (nSPS) is 10.2. The van der Waals surface area contributed by atoms with Crippen molar-refractivity contribution in [3.05, 3.63) is 59.7 Å². The Morgan fingerprint density at radius 1 is 1.05 bits per heavy atom. The standard InChI is InChI=1S/C17H20N2S2/c1-13-7-9-15(10-8-13)21-12-11-18-17(20)19-16-6-4-3-5-14(16)2/h3-10H,11-12H2,1-2H3,(H2,18,19,20). The van der Waals surface area contributed by atoms with Crippen LogP contribution < -0.4 is 10.6 Å². The number of hydrogen-bond donors (Lipinski definition) is 2. The number of para-hydroxylation sites is 1. The number of benzene rings is 2. The summed E-state index contributed by atoms with van der Waals surface area (Å²) in [6.07, 6.45) is 0. The number of aryl methyl sites for hydroxylation is 2. The van der Waals surface area contributed by atoms with Gasteiger partial charge in [0.25, 0.3) is 0 Å². The van der Waals surface area contributed by atoms with Crippen molar-refractivity contribution < 1.29 is 0 Å². The van der Waals surface area contributed by atoms with E-state index in [4.69, 9.17) is 12.2 Å². The molecular weight excluding hydrogens is 296 g/mol. The van der Waals surface area contributed by atoms with E-state index in [-0.39, 0.29) is 0 Å². The van der Waals surface area contributed by atoms with Gasteiger partial charge in [0.05, 0.1) is 0 Å². The van der Waals surface area contributed by atoms with Crippen LogP contribution in [0, 0.1) is 13.8 Å². The fraction of sp³-hybridized carbons (Fsp3) is 0.235. The molecule has 0 spiro atoms. The second kappa shape index (κ2) is 8.05. The maximum absolute atomic E-state index is 5.31. The number of thiocarbonyl (C=S) groups is 1. The van der Waals surface area contributed by atoms with E-state index in [0.717, 1.165) is 18.0 Å². The fourth-order valence-electron chi connectivity index (χ4n) is 1.85. The van der Waals surface area contributed by atoms with Crippen molar-refractivity contribution in [1.82, 2.24) is 5.32 Å². The third-order valence-corrected chi connectivity index (χ3v) is 4.33. The Kier molecular flexibility index (Phi) is 6.08. The monoisotopic (exact) mass is 316 g/mol. The highest BCUT2D eigenvalue weighted by atomic mass is 32.2. The van der Waals surface area contributed by atoms with Crippen molar-refractivity contribution in [1.29, 1.82) is 0 Å². The Morgan fingerprint density at radius 2 is 1.76 bits per heavy atom. The van der Waals surface area contributed by atoms with E-state index in [9.17, 15) is 0 Å². The molecule has 0 aliphatic carbocycles. The van der Waals surface area contributed by atoms with Crippen molar-refractivity contribution in [2.45, 2.75) is 18.7 Å². The highest BCUT2D eigenvalue weighted by molar-refractivity contribution is 7.99. The van der Waals surface area contributed by atoms with Gasteiger partial charge in [-0.3, -0.25) is 0 Å². The van der Waals surface area contributed by atoms with Crippen LogP contribution in [0.15, 0.2) is 53.4 Å². The fourth-order valence-corrected chi connectivity index (χ4v) is 2.83. The third-order valence-electron chi connectivity index (χ3n) is 3.07. The highest BCUT2D eigenvalue weighted by Gasteiger charge is 2.00. The minimum Gasteiger partial charge on any atom is -0.362 e. The van der Waals surface area contributed by atoms with Gasteiger partial charge in [-0.25, -0.2) is 0 Å². The van der Waals surface area contributed by atoms with Crippen LogP contribution in [0.2, 0.25) is 0 Å². The third kappa shape index (κ3) is 5.40. The molecule has 2 aromatic rings. The second-order valence-corrected chi connectivity index (χ2v) is 6.43. The van der Waals surface area contributed by atoms with E-state index in [2.05, 4.69) is 54.8 Å². The number of nitrogens with one attached hydrogen (secondary N) is 2. The average molecular weight is 316 g/mol. The molecule has 0 bridgehead atoms. The zero-order valence-electron chi connectivity index (χ0n) is 12.3. The van der Waals surface area contributed by atoms with E-state index in [0.29, 0.717) is 5.11 Å². The van der Waals surface area contributed by atoms with Crippen molar-refractivity contribution in [3.63, 3.8) is 0 Å². The van der Waals surface area contributed by atoms with Crippen LogP contribution in [-0.4, -0.2) is 17.4 Å². The number of rotatable bonds is 5. The van der Waals surface area contributed by atoms with Gasteiger partial charge in [-0.1, -0.05) is 35.9 Å². The molecule has 0 unspecified atom stereocenters. The lowest BCUT2D eigenvalue weighted by molar-refractivity contribution is 0.989. The second-order valence-electron chi connectivity index (χ2n) is 4.86.